The molecule has 0 spiro atoms. The van der Waals surface area contributed by atoms with Gasteiger partial charge in [0, 0.05) is 11.1 Å². The number of benzene rings is 4. The highest BCUT2D eigenvalue weighted by atomic mass is 32.1. The Hall–Kier alpha value is -5.15. The molecule has 8 nitrogen and oxygen atoms in total. The van der Waals surface area contributed by atoms with Crippen LogP contribution in [0.5, 0.6) is 17.2 Å². The van der Waals surface area contributed by atoms with Crippen LogP contribution in [0.1, 0.15) is 29.7 Å². The third kappa shape index (κ3) is 4.58. The summed E-state index contributed by atoms with van der Waals surface area (Å²) in [4.78, 5) is 33.7. The number of thiazole rings is 1. The largest absolute Gasteiger partial charge is 0.496 e. The van der Waals surface area contributed by atoms with Gasteiger partial charge in [-0.3, -0.25) is 9.36 Å². The number of rotatable bonds is 6. The fourth-order valence-corrected chi connectivity index (χ4v) is 6.60. The Morgan fingerprint density at radius 2 is 1.81 bits per heavy atom. The first-order valence-corrected chi connectivity index (χ1v) is 14.6. The number of methoxy groups -OCH3 is 1. The quantitative estimate of drug-likeness (QED) is 0.264. The summed E-state index contributed by atoms with van der Waals surface area (Å²) in [6.45, 7) is 2.08. The molecule has 2 aliphatic rings. The van der Waals surface area contributed by atoms with Crippen molar-refractivity contribution in [1.82, 2.24) is 4.57 Å². The van der Waals surface area contributed by atoms with Crippen LogP contribution in [-0.4, -0.2) is 31.0 Å². The van der Waals surface area contributed by atoms with Gasteiger partial charge in [-0.25, -0.2) is 9.79 Å². The molecular formula is C34H26N2O6S. The Kier molecular flexibility index (Phi) is 6.79. The van der Waals surface area contributed by atoms with Gasteiger partial charge in [0.2, 0.25) is 6.79 Å². The number of aromatic nitrogens is 1. The summed E-state index contributed by atoms with van der Waals surface area (Å²) in [7, 11) is 1.59. The third-order valence-electron chi connectivity index (χ3n) is 7.49. The van der Waals surface area contributed by atoms with Gasteiger partial charge in [-0.15, -0.1) is 0 Å². The van der Waals surface area contributed by atoms with Gasteiger partial charge in [0.05, 0.1) is 29.5 Å². The van der Waals surface area contributed by atoms with Crippen molar-refractivity contribution >= 4 is 39.9 Å². The first-order chi connectivity index (χ1) is 21.1. The van der Waals surface area contributed by atoms with E-state index in [1.807, 2.05) is 84.9 Å². The molecule has 0 bridgehead atoms. The molecule has 214 valence electrons. The minimum atomic E-state index is -0.870. The lowest BCUT2D eigenvalue weighted by Gasteiger charge is -2.28. The SMILES string of the molecule is CCOC(=O)C1=C(c2ccccc2)N=c2s/c(=C/c3ccc4c(c3)OCO4)c(=O)n2[C@@H]1c1c(OC)ccc2ccccc12. The van der Waals surface area contributed by atoms with E-state index in [1.165, 1.54) is 11.3 Å². The molecule has 0 amide bonds. The van der Waals surface area contributed by atoms with Crippen LogP contribution in [0.3, 0.4) is 0 Å². The van der Waals surface area contributed by atoms with E-state index < -0.39 is 12.0 Å². The maximum atomic E-state index is 14.4. The summed E-state index contributed by atoms with van der Waals surface area (Å²) < 4.78 is 24.5. The fourth-order valence-electron chi connectivity index (χ4n) is 5.60. The van der Waals surface area contributed by atoms with Gasteiger partial charge in [-0.2, -0.15) is 0 Å². The van der Waals surface area contributed by atoms with Crippen molar-refractivity contribution in [2.75, 3.05) is 20.5 Å². The molecule has 43 heavy (non-hydrogen) atoms. The number of hydrogen-bond donors (Lipinski definition) is 0. The molecule has 7 rings (SSSR count). The summed E-state index contributed by atoms with van der Waals surface area (Å²) in [5.41, 5.74) is 2.64. The zero-order chi connectivity index (χ0) is 29.5. The number of nitrogens with zero attached hydrogens (tertiary/aromatic N) is 2. The molecule has 1 atom stereocenters. The highest BCUT2D eigenvalue weighted by Crippen LogP contribution is 2.42. The Morgan fingerprint density at radius 3 is 2.63 bits per heavy atom. The van der Waals surface area contributed by atoms with Crippen LogP contribution in [0.2, 0.25) is 0 Å². The maximum Gasteiger partial charge on any atom is 0.338 e. The van der Waals surface area contributed by atoms with Crippen molar-refractivity contribution in [2.45, 2.75) is 13.0 Å². The van der Waals surface area contributed by atoms with Crippen molar-refractivity contribution in [3.8, 4) is 17.2 Å². The molecule has 0 N–H and O–H groups in total. The molecule has 0 saturated carbocycles. The van der Waals surface area contributed by atoms with E-state index in [2.05, 4.69) is 0 Å². The van der Waals surface area contributed by atoms with Gasteiger partial charge in [0.25, 0.3) is 5.56 Å². The molecule has 0 fully saturated rings. The Labute approximate surface area is 250 Å². The zero-order valence-electron chi connectivity index (χ0n) is 23.4. The molecular weight excluding hydrogens is 564 g/mol. The van der Waals surface area contributed by atoms with Crippen LogP contribution in [-0.2, 0) is 9.53 Å². The lowest BCUT2D eigenvalue weighted by molar-refractivity contribution is -0.138. The Balaban J connectivity index is 1.57. The summed E-state index contributed by atoms with van der Waals surface area (Å²) >= 11 is 1.26. The second kappa shape index (κ2) is 10.9. The molecule has 0 saturated heterocycles. The minimum absolute atomic E-state index is 0.159. The molecule has 0 aliphatic carbocycles. The predicted molar refractivity (Wildman–Crippen MR) is 164 cm³/mol. The summed E-state index contributed by atoms with van der Waals surface area (Å²) in [5.74, 6) is 1.28. The van der Waals surface area contributed by atoms with Crippen LogP contribution in [0.25, 0.3) is 22.5 Å². The highest BCUT2D eigenvalue weighted by molar-refractivity contribution is 7.07. The van der Waals surface area contributed by atoms with E-state index in [9.17, 15) is 9.59 Å². The van der Waals surface area contributed by atoms with Crippen molar-refractivity contribution < 1.29 is 23.7 Å². The van der Waals surface area contributed by atoms with E-state index >= 15 is 0 Å². The molecule has 2 aliphatic heterocycles. The highest BCUT2D eigenvalue weighted by Gasteiger charge is 2.37. The van der Waals surface area contributed by atoms with Crippen LogP contribution in [0, 0.1) is 0 Å². The smallest absolute Gasteiger partial charge is 0.338 e. The lowest BCUT2D eigenvalue weighted by atomic mass is 9.89. The predicted octanol–water partition coefficient (Wildman–Crippen LogP) is 4.83. The monoisotopic (exact) mass is 590 g/mol. The minimum Gasteiger partial charge on any atom is -0.496 e. The van der Waals surface area contributed by atoms with Crippen LogP contribution >= 0.6 is 11.3 Å². The van der Waals surface area contributed by atoms with Gasteiger partial charge >= 0.3 is 5.97 Å². The lowest BCUT2D eigenvalue weighted by Crippen LogP contribution is -2.40. The topological polar surface area (TPSA) is 88.4 Å². The molecule has 9 heteroatoms. The number of esters is 1. The molecule has 3 heterocycles. The van der Waals surface area contributed by atoms with Crippen molar-refractivity contribution in [2.24, 2.45) is 4.99 Å². The number of fused-ring (bicyclic) bond motifs is 3. The second-order valence-electron chi connectivity index (χ2n) is 9.95. The molecule has 0 radical (unpaired) electrons. The number of hydrogen-bond acceptors (Lipinski definition) is 8. The van der Waals surface area contributed by atoms with Gasteiger partial charge in [-0.05, 0) is 47.5 Å². The Morgan fingerprint density at radius 1 is 1.02 bits per heavy atom. The second-order valence-corrected chi connectivity index (χ2v) is 11.0. The normalized spacial score (nSPS) is 15.8. The third-order valence-corrected chi connectivity index (χ3v) is 8.48. The summed E-state index contributed by atoms with van der Waals surface area (Å²) in [6, 6.07) is 25.8. The zero-order valence-corrected chi connectivity index (χ0v) is 24.2. The van der Waals surface area contributed by atoms with Gasteiger partial charge in [0.1, 0.15) is 11.8 Å². The number of carbonyl (C=O) groups excluding carboxylic acids is 1. The van der Waals surface area contributed by atoms with Crippen molar-refractivity contribution in [1.29, 1.82) is 0 Å². The van der Waals surface area contributed by atoms with E-state index in [0.29, 0.717) is 37.8 Å². The molecule has 4 aromatic carbocycles. The number of ether oxygens (including phenoxy) is 4. The van der Waals surface area contributed by atoms with E-state index in [-0.39, 0.29) is 24.5 Å². The van der Waals surface area contributed by atoms with Crippen LogP contribution in [0.4, 0.5) is 0 Å². The first kappa shape index (κ1) is 26.7. The average Bonchev–Trinajstić information content (AvgIpc) is 3.63. The van der Waals surface area contributed by atoms with Gasteiger partial charge in [0.15, 0.2) is 16.3 Å². The van der Waals surface area contributed by atoms with E-state index in [1.54, 1.807) is 24.7 Å². The molecule has 1 aromatic heterocycles. The maximum absolute atomic E-state index is 14.4. The van der Waals surface area contributed by atoms with Crippen LogP contribution < -0.4 is 29.1 Å². The van der Waals surface area contributed by atoms with Crippen molar-refractivity contribution in [3.63, 3.8) is 0 Å². The summed E-state index contributed by atoms with van der Waals surface area (Å²) in [5, 5.41) is 1.80. The molecule has 5 aromatic rings. The van der Waals surface area contributed by atoms with E-state index in [4.69, 9.17) is 23.9 Å². The average molecular weight is 591 g/mol. The Bertz CT molecular complexity index is 2110. The first-order valence-electron chi connectivity index (χ1n) is 13.8. The fraction of sp³-hybridized carbons (Fsp3) is 0.147. The van der Waals surface area contributed by atoms with Gasteiger partial charge in [-0.1, -0.05) is 78.1 Å². The number of carbonyl (C=O) groups is 1. The standard InChI is InChI=1S/C34H26N2O6S/c1-3-40-33(38)29-30(22-10-5-4-6-11-22)35-34-36(31(29)28-23-12-8-7-9-21(23)14-16-25(28)39-2)32(37)27(43-34)18-20-13-15-24-26(17-20)42-19-41-24/h4-18,31H,3,19H2,1-2H3/b27-18+/t31-/m1/s1. The molecule has 0 unspecified atom stereocenters. The van der Waals surface area contributed by atoms with E-state index in [0.717, 1.165) is 21.9 Å². The summed E-state index contributed by atoms with van der Waals surface area (Å²) in [6.07, 6.45) is 1.80. The van der Waals surface area contributed by atoms with Crippen LogP contribution in [0.15, 0.2) is 100 Å². The van der Waals surface area contributed by atoms with Gasteiger partial charge < -0.3 is 18.9 Å². The van der Waals surface area contributed by atoms with Crippen molar-refractivity contribution in [3.05, 3.63) is 127 Å².